The molecule has 1 fully saturated rings. The first-order chi connectivity index (χ1) is 7.76. The summed E-state index contributed by atoms with van der Waals surface area (Å²) in [5, 5.41) is 12.6. The van der Waals surface area contributed by atoms with Gasteiger partial charge in [0.25, 0.3) is 0 Å². The smallest absolute Gasteiger partial charge is 0.106 e. The molecule has 16 heavy (non-hydrogen) atoms. The van der Waals surface area contributed by atoms with Crippen LogP contribution < -0.4 is 5.32 Å². The molecule has 1 heterocycles. The van der Waals surface area contributed by atoms with E-state index in [1.165, 1.54) is 25.9 Å². The minimum Gasteiger partial charge on any atom is -0.303 e. The van der Waals surface area contributed by atoms with Crippen molar-refractivity contribution in [2.24, 2.45) is 0 Å². The molecule has 0 spiro atoms. The summed E-state index contributed by atoms with van der Waals surface area (Å²) in [5.74, 6) is 0. The summed E-state index contributed by atoms with van der Waals surface area (Å²) in [4.78, 5) is 2.52. The van der Waals surface area contributed by atoms with E-state index in [2.05, 4.69) is 30.1 Å². The number of hydrogen-bond donors (Lipinski definition) is 1. The van der Waals surface area contributed by atoms with Crippen molar-refractivity contribution < 1.29 is 0 Å². The van der Waals surface area contributed by atoms with E-state index in [1.807, 2.05) is 0 Å². The molecule has 1 rings (SSSR count). The number of hydrogen-bond acceptors (Lipinski definition) is 3. The zero-order valence-corrected chi connectivity index (χ0v) is 10.8. The summed E-state index contributed by atoms with van der Waals surface area (Å²) in [6.07, 6.45) is 5.71. The maximum Gasteiger partial charge on any atom is 0.106 e. The van der Waals surface area contributed by atoms with Gasteiger partial charge in [-0.25, -0.2) is 0 Å². The van der Waals surface area contributed by atoms with Gasteiger partial charge in [0.1, 0.15) is 5.54 Å². The highest BCUT2D eigenvalue weighted by atomic mass is 15.1. The van der Waals surface area contributed by atoms with Crippen LogP contribution in [0, 0.1) is 11.3 Å². The molecule has 1 atom stereocenters. The number of rotatable bonds is 7. The Labute approximate surface area is 99.8 Å². The predicted molar refractivity (Wildman–Crippen MR) is 67.2 cm³/mol. The molecular weight excluding hydrogens is 198 g/mol. The molecule has 0 aromatic carbocycles. The Hall–Kier alpha value is -0.590. The predicted octanol–water partition coefficient (Wildman–Crippen LogP) is 2.14. The quantitative estimate of drug-likeness (QED) is 0.719. The Kier molecular flexibility index (Phi) is 5.79. The summed E-state index contributed by atoms with van der Waals surface area (Å²) in [6.45, 7) is 8.73. The molecule has 1 N–H and O–H groups in total. The van der Waals surface area contributed by atoms with Gasteiger partial charge in [-0.2, -0.15) is 5.26 Å². The lowest BCUT2D eigenvalue weighted by Gasteiger charge is -2.27. The minimum absolute atomic E-state index is 0.283. The van der Waals surface area contributed by atoms with E-state index in [0.717, 1.165) is 32.4 Å². The monoisotopic (exact) mass is 223 g/mol. The van der Waals surface area contributed by atoms with Gasteiger partial charge in [0.2, 0.25) is 0 Å². The fourth-order valence-corrected chi connectivity index (χ4v) is 2.51. The fourth-order valence-electron chi connectivity index (χ4n) is 2.51. The van der Waals surface area contributed by atoms with Crippen molar-refractivity contribution in [3.8, 4) is 6.07 Å². The second kappa shape index (κ2) is 6.88. The van der Waals surface area contributed by atoms with Crippen molar-refractivity contribution in [2.45, 2.75) is 51.5 Å². The Morgan fingerprint density at radius 3 is 2.50 bits per heavy atom. The molecule has 3 heteroatoms. The molecule has 0 amide bonds. The number of nitriles is 1. The topological polar surface area (TPSA) is 39.1 Å². The average Bonchev–Trinajstić information content (AvgIpc) is 2.81. The standard InChI is InChI=1S/C13H25N3/c1-3-13(12-14,15-4-2)8-7-11-16-9-5-6-10-16/h15H,3-11H2,1-2H3. The Morgan fingerprint density at radius 1 is 1.31 bits per heavy atom. The van der Waals surface area contributed by atoms with Crippen molar-refractivity contribution in [3.63, 3.8) is 0 Å². The molecule has 0 radical (unpaired) electrons. The molecule has 1 aliphatic rings. The van der Waals surface area contributed by atoms with E-state index in [9.17, 15) is 5.26 Å². The molecule has 0 aromatic heterocycles. The second-order valence-corrected chi connectivity index (χ2v) is 4.73. The first-order valence-corrected chi connectivity index (χ1v) is 6.65. The van der Waals surface area contributed by atoms with Gasteiger partial charge in [-0.3, -0.25) is 5.32 Å². The summed E-state index contributed by atoms with van der Waals surface area (Å²) >= 11 is 0. The Morgan fingerprint density at radius 2 is 2.00 bits per heavy atom. The average molecular weight is 223 g/mol. The van der Waals surface area contributed by atoms with Crippen molar-refractivity contribution in [1.82, 2.24) is 10.2 Å². The van der Waals surface area contributed by atoms with Crippen molar-refractivity contribution in [2.75, 3.05) is 26.2 Å². The molecule has 1 saturated heterocycles. The van der Waals surface area contributed by atoms with Crippen LogP contribution in [0.15, 0.2) is 0 Å². The molecule has 0 aliphatic carbocycles. The van der Waals surface area contributed by atoms with Crippen LogP contribution in [0.25, 0.3) is 0 Å². The van der Waals surface area contributed by atoms with Crippen LogP contribution in [0.5, 0.6) is 0 Å². The van der Waals surface area contributed by atoms with E-state index in [-0.39, 0.29) is 5.54 Å². The van der Waals surface area contributed by atoms with Crippen LogP contribution in [0.3, 0.4) is 0 Å². The molecule has 92 valence electrons. The maximum absolute atomic E-state index is 9.27. The van der Waals surface area contributed by atoms with Gasteiger partial charge in [0.05, 0.1) is 6.07 Å². The maximum atomic E-state index is 9.27. The summed E-state index contributed by atoms with van der Waals surface area (Å²) in [7, 11) is 0. The zero-order valence-electron chi connectivity index (χ0n) is 10.8. The molecular formula is C13H25N3. The van der Waals surface area contributed by atoms with Gasteiger partial charge in [0, 0.05) is 0 Å². The summed E-state index contributed by atoms with van der Waals surface area (Å²) in [6, 6.07) is 2.46. The number of nitrogens with one attached hydrogen (secondary N) is 1. The van der Waals surface area contributed by atoms with E-state index >= 15 is 0 Å². The van der Waals surface area contributed by atoms with Crippen LogP contribution in [-0.2, 0) is 0 Å². The van der Waals surface area contributed by atoms with Crippen LogP contribution in [0.4, 0.5) is 0 Å². The first kappa shape index (κ1) is 13.5. The molecule has 0 aromatic rings. The van der Waals surface area contributed by atoms with Gasteiger partial charge >= 0.3 is 0 Å². The van der Waals surface area contributed by atoms with Gasteiger partial charge in [0.15, 0.2) is 0 Å². The van der Waals surface area contributed by atoms with E-state index in [0.29, 0.717) is 0 Å². The lowest BCUT2D eigenvalue weighted by atomic mass is 9.92. The van der Waals surface area contributed by atoms with Gasteiger partial charge in [-0.1, -0.05) is 13.8 Å². The molecule has 0 saturated carbocycles. The Balaban J connectivity index is 2.29. The van der Waals surface area contributed by atoms with E-state index in [4.69, 9.17) is 0 Å². The van der Waals surface area contributed by atoms with Crippen molar-refractivity contribution in [1.29, 1.82) is 5.26 Å². The van der Waals surface area contributed by atoms with Gasteiger partial charge < -0.3 is 4.90 Å². The van der Waals surface area contributed by atoms with Crippen LogP contribution in [0.1, 0.15) is 46.0 Å². The number of likely N-dealkylation sites (tertiary alicyclic amines) is 1. The van der Waals surface area contributed by atoms with Crippen LogP contribution in [0.2, 0.25) is 0 Å². The third-order valence-corrected chi connectivity index (χ3v) is 3.61. The highest BCUT2D eigenvalue weighted by Crippen LogP contribution is 2.18. The third kappa shape index (κ3) is 3.77. The molecule has 1 unspecified atom stereocenters. The Bertz CT molecular complexity index is 228. The molecule has 3 nitrogen and oxygen atoms in total. The summed E-state index contributed by atoms with van der Waals surface area (Å²) < 4.78 is 0. The highest BCUT2D eigenvalue weighted by molar-refractivity contribution is 5.06. The zero-order chi connectivity index (χ0) is 11.9. The lowest BCUT2D eigenvalue weighted by Crippen LogP contribution is -2.43. The SMILES string of the molecule is CCNC(C#N)(CC)CCCN1CCCC1. The molecule has 0 bridgehead atoms. The first-order valence-electron chi connectivity index (χ1n) is 6.65. The van der Waals surface area contributed by atoms with Crippen LogP contribution in [-0.4, -0.2) is 36.6 Å². The van der Waals surface area contributed by atoms with Crippen LogP contribution >= 0.6 is 0 Å². The second-order valence-electron chi connectivity index (χ2n) is 4.73. The summed E-state index contributed by atoms with van der Waals surface area (Å²) in [5.41, 5.74) is -0.283. The highest BCUT2D eigenvalue weighted by Gasteiger charge is 2.26. The normalized spacial score (nSPS) is 20.6. The van der Waals surface area contributed by atoms with E-state index in [1.54, 1.807) is 0 Å². The largest absolute Gasteiger partial charge is 0.303 e. The van der Waals surface area contributed by atoms with Gasteiger partial charge in [-0.15, -0.1) is 0 Å². The minimum atomic E-state index is -0.283. The molecule has 1 aliphatic heterocycles. The third-order valence-electron chi connectivity index (χ3n) is 3.61. The van der Waals surface area contributed by atoms with E-state index < -0.39 is 0 Å². The number of nitrogens with zero attached hydrogens (tertiary/aromatic N) is 2. The van der Waals surface area contributed by atoms with Crippen molar-refractivity contribution in [3.05, 3.63) is 0 Å². The fraction of sp³-hybridized carbons (Fsp3) is 0.923. The van der Waals surface area contributed by atoms with Gasteiger partial charge in [-0.05, 0) is 58.3 Å². The van der Waals surface area contributed by atoms with Crippen molar-refractivity contribution >= 4 is 0 Å². The lowest BCUT2D eigenvalue weighted by molar-refractivity contribution is 0.297.